The maximum absolute atomic E-state index is 6.24. The van der Waals surface area contributed by atoms with Crippen molar-refractivity contribution < 1.29 is 4.74 Å². The molecule has 0 aromatic heterocycles. The molecule has 1 aromatic carbocycles. The maximum atomic E-state index is 6.24. The summed E-state index contributed by atoms with van der Waals surface area (Å²) in [4.78, 5) is 0. The van der Waals surface area contributed by atoms with Gasteiger partial charge in [-0.05, 0) is 36.6 Å². The lowest BCUT2D eigenvalue weighted by atomic mass is 9.98. The second-order valence-electron chi connectivity index (χ2n) is 4.45. The molecule has 0 bridgehead atoms. The van der Waals surface area contributed by atoms with Crippen LogP contribution in [0.15, 0.2) is 18.2 Å². The number of rotatable bonds is 5. The van der Waals surface area contributed by atoms with Gasteiger partial charge in [0.2, 0.25) is 0 Å². The van der Waals surface area contributed by atoms with E-state index in [0.29, 0.717) is 23.6 Å². The zero-order valence-electron chi connectivity index (χ0n) is 9.99. The molecule has 17 heavy (non-hydrogen) atoms. The Bertz CT molecular complexity index is 382. The summed E-state index contributed by atoms with van der Waals surface area (Å²) in [6.45, 7) is 2.87. The van der Waals surface area contributed by atoms with E-state index in [2.05, 4.69) is 13.0 Å². The van der Waals surface area contributed by atoms with Crippen LogP contribution in [-0.4, -0.2) is 24.2 Å². The lowest BCUT2D eigenvalue weighted by Crippen LogP contribution is -2.31. The molecule has 0 aliphatic carbocycles. The van der Waals surface area contributed by atoms with Crippen LogP contribution in [0.1, 0.15) is 24.8 Å². The molecule has 0 saturated carbocycles. The number of nitrogens with two attached hydrogens (primary N) is 1. The largest absolute Gasteiger partial charge is 0.487 e. The Hall–Kier alpha value is -0.380. The number of hydrogen-bond acceptors (Lipinski definition) is 3. The Kier molecular flexibility index (Phi) is 4.60. The van der Waals surface area contributed by atoms with Crippen LogP contribution in [0.5, 0.6) is 5.75 Å². The van der Waals surface area contributed by atoms with Crippen molar-refractivity contribution in [3.8, 4) is 5.75 Å². The molecule has 1 atom stereocenters. The van der Waals surface area contributed by atoms with E-state index in [1.54, 1.807) is 0 Å². The van der Waals surface area contributed by atoms with E-state index in [9.17, 15) is 0 Å². The summed E-state index contributed by atoms with van der Waals surface area (Å²) >= 11 is 8.14. The van der Waals surface area contributed by atoms with Crippen LogP contribution in [0.25, 0.3) is 0 Å². The minimum absolute atomic E-state index is 0.338. The molecule has 1 aliphatic heterocycles. The number of hydrogen-bond donors (Lipinski definition) is 1. The van der Waals surface area contributed by atoms with Gasteiger partial charge in [-0.2, -0.15) is 11.8 Å². The molecular weight excluding hydrogens is 254 g/mol. The fraction of sp³-hybridized carbons (Fsp3) is 0.538. The van der Waals surface area contributed by atoms with Gasteiger partial charge in [0.05, 0.1) is 5.02 Å². The standard InChI is InChI=1S/C13H18ClNOS/c1-9(4-5-15)10-2-3-13(12(14)6-10)16-11-7-17-8-11/h2-3,6,9,11H,4-5,7-8,15H2,1H3. The Morgan fingerprint density at radius 1 is 1.53 bits per heavy atom. The summed E-state index contributed by atoms with van der Waals surface area (Å²) in [7, 11) is 0. The van der Waals surface area contributed by atoms with Crippen LogP contribution < -0.4 is 10.5 Å². The molecule has 2 rings (SSSR count). The first-order valence-electron chi connectivity index (χ1n) is 5.94. The fourth-order valence-electron chi connectivity index (χ4n) is 1.80. The second-order valence-corrected chi connectivity index (χ2v) is 5.93. The monoisotopic (exact) mass is 271 g/mol. The van der Waals surface area contributed by atoms with Gasteiger partial charge in [0, 0.05) is 11.5 Å². The maximum Gasteiger partial charge on any atom is 0.138 e. The van der Waals surface area contributed by atoms with Gasteiger partial charge >= 0.3 is 0 Å². The lowest BCUT2D eigenvalue weighted by molar-refractivity contribution is 0.240. The molecule has 0 radical (unpaired) electrons. The SMILES string of the molecule is CC(CCN)c1ccc(OC2CSC2)c(Cl)c1. The molecule has 94 valence electrons. The van der Waals surface area contributed by atoms with E-state index < -0.39 is 0 Å². The van der Waals surface area contributed by atoms with Gasteiger partial charge in [0.15, 0.2) is 0 Å². The van der Waals surface area contributed by atoms with Gasteiger partial charge in [-0.1, -0.05) is 24.6 Å². The fourth-order valence-corrected chi connectivity index (χ4v) is 2.60. The molecule has 2 nitrogen and oxygen atoms in total. The van der Waals surface area contributed by atoms with Crippen molar-refractivity contribution in [2.24, 2.45) is 5.73 Å². The van der Waals surface area contributed by atoms with Crippen LogP contribution in [0, 0.1) is 0 Å². The number of ether oxygens (including phenoxy) is 1. The third-order valence-corrected chi connectivity index (χ3v) is 4.54. The topological polar surface area (TPSA) is 35.2 Å². The molecule has 0 spiro atoms. The van der Waals surface area contributed by atoms with Gasteiger partial charge in [-0.25, -0.2) is 0 Å². The predicted molar refractivity (Wildman–Crippen MR) is 75.3 cm³/mol. The first kappa shape index (κ1) is 13.1. The van der Waals surface area contributed by atoms with Crippen molar-refractivity contribution in [2.75, 3.05) is 18.1 Å². The van der Waals surface area contributed by atoms with E-state index in [0.717, 1.165) is 23.7 Å². The minimum atomic E-state index is 0.338. The lowest BCUT2D eigenvalue weighted by Gasteiger charge is -2.26. The van der Waals surface area contributed by atoms with Crippen LogP contribution in [0.2, 0.25) is 5.02 Å². The van der Waals surface area contributed by atoms with Crippen molar-refractivity contribution >= 4 is 23.4 Å². The number of thioether (sulfide) groups is 1. The van der Waals surface area contributed by atoms with E-state index in [-0.39, 0.29) is 0 Å². The molecule has 1 aromatic rings. The molecule has 1 aliphatic rings. The van der Waals surface area contributed by atoms with Crippen molar-refractivity contribution in [1.29, 1.82) is 0 Å². The third kappa shape index (κ3) is 3.30. The highest BCUT2D eigenvalue weighted by atomic mass is 35.5. The van der Waals surface area contributed by atoms with Gasteiger partial charge in [0.25, 0.3) is 0 Å². The molecule has 2 N–H and O–H groups in total. The predicted octanol–water partition coefficient (Wildman–Crippen LogP) is 3.29. The average Bonchev–Trinajstić information content (AvgIpc) is 2.25. The van der Waals surface area contributed by atoms with Crippen molar-refractivity contribution in [1.82, 2.24) is 0 Å². The van der Waals surface area contributed by atoms with E-state index in [1.807, 2.05) is 23.9 Å². The second kappa shape index (κ2) is 5.98. The summed E-state index contributed by atoms with van der Waals surface area (Å²) in [5.41, 5.74) is 6.80. The first-order chi connectivity index (χ1) is 8.20. The number of benzene rings is 1. The van der Waals surface area contributed by atoms with Crippen LogP contribution in [0.4, 0.5) is 0 Å². The molecule has 1 unspecified atom stereocenters. The van der Waals surface area contributed by atoms with E-state index >= 15 is 0 Å². The summed E-state index contributed by atoms with van der Waals surface area (Å²) in [5.74, 6) is 3.40. The highest BCUT2D eigenvalue weighted by molar-refractivity contribution is 8.00. The Morgan fingerprint density at radius 3 is 2.82 bits per heavy atom. The summed E-state index contributed by atoms with van der Waals surface area (Å²) in [6.07, 6.45) is 1.32. The van der Waals surface area contributed by atoms with Crippen molar-refractivity contribution in [3.05, 3.63) is 28.8 Å². The van der Waals surface area contributed by atoms with Gasteiger partial charge in [0.1, 0.15) is 11.9 Å². The Balaban J connectivity index is 2.04. The Labute approximate surface area is 112 Å². The highest BCUT2D eigenvalue weighted by Crippen LogP contribution is 2.32. The first-order valence-corrected chi connectivity index (χ1v) is 7.48. The third-order valence-electron chi connectivity index (χ3n) is 3.03. The van der Waals surface area contributed by atoms with Gasteiger partial charge < -0.3 is 10.5 Å². The molecule has 1 heterocycles. The normalized spacial score (nSPS) is 17.6. The molecule has 4 heteroatoms. The van der Waals surface area contributed by atoms with Crippen molar-refractivity contribution in [3.63, 3.8) is 0 Å². The summed E-state index contributed by atoms with van der Waals surface area (Å²) in [6, 6.07) is 6.07. The van der Waals surface area contributed by atoms with Crippen LogP contribution in [0.3, 0.4) is 0 Å². The van der Waals surface area contributed by atoms with E-state index in [1.165, 1.54) is 5.56 Å². The minimum Gasteiger partial charge on any atom is -0.487 e. The van der Waals surface area contributed by atoms with Gasteiger partial charge in [-0.3, -0.25) is 0 Å². The summed E-state index contributed by atoms with van der Waals surface area (Å²) < 4.78 is 5.80. The molecule has 0 amide bonds. The highest BCUT2D eigenvalue weighted by Gasteiger charge is 2.21. The van der Waals surface area contributed by atoms with Crippen LogP contribution >= 0.6 is 23.4 Å². The average molecular weight is 272 g/mol. The molecular formula is C13H18ClNOS. The Morgan fingerprint density at radius 2 is 2.29 bits per heavy atom. The van der Waals surface area contributed by atoms with Crippen molar-refractivity contribution in [2.45, 2.75) is 25.4 Å². The van der Waals surface area contributed by atoms with E-state index in [4.69, 9.17) is 22.1 Å². The summed E-state index contributed by atoms with van der Waals surface area (Å²) in [5, 5.41) is 0.711. The van der Waals surface area contributed by atoms with Gasteiger partial charge in [-0.15, -0.1) is 0 Å². The zero-order chi connectivity index (χ0) is 12.3. The quantitative estimate of drug-likeness (QED) is 0.893. The zero-order valence-corrected chi connectivity index (χ0v) is 11.6. The smallest absolute Gasteiger partial charge is 0.138 e. The molecule has 1 fully saturated rings. The number of halogens is 1. The van der Waals surface area contributed by atoms with Crippen LogP contribution in [-0.2, 0) is 0 Å². The molecule has 1 saturated heterocycles.